The van der Waals surface area contributed by atoms with Gasteiger partial charge in [-0.2, -0.15) is 26.6 Å². The molecule has 0 aliphatic rings. The second kappa shape index (κ2) is 9.98. The van der Waals surface area contributed by atoms with Gasteiger partial charge in [0.1, 0.15) is 13.2 Å². The molecule has 0 saturated heterocycles. The van der Waals surface area contributed by atoms with Crippen molar-refractivity contribution in [3.05, 3.63) is 29.3 Å². The molecule has 0 heterocycles. The standard InChI is InChI=1S/C12H13O9S.Na/c13-4-6-20-11(15)8-2-1-3-9(10(8)22(17,18)19)12(16)21-7-5-14;/h2-3,13-14H,4-7H2,(H,17,18,19);/q-1;+1. The Bertz CT molecular complexity index is 618. The van der Waals surface area contributed by atoms with Crippen molar-refractivity contribution in [2.24, 2.45) is 0 Å². The Morgan fingerprint density at radius 3 is 1.70 bits per heavy atom. The van der Waals surface area contributed by atoms with Crippen LogP contribution in [0.5, 0.6) is 0 Å². The summed E-state index contributed by atoms with van der Waals surface area (Å²) in [6.07, 6.45) is 0. The molecule has 11 heteroatoms. The van der Waals surface area contributed by atoms with E-state index in [1.54, 1.807) is 0 Å². The van der Waals surface area contributed by atoms with Crippen LogP contribution in [0.1, 0.15) is 20.7 Å². The number of aliphatic hydroxyl groups excluding tert-OH is 2. The van der Waals surface area contributed by atoms with Crippen LogP contribution in [-0.2, 0) is 19.6 Å². The van der Waals surface area contributed by atoms with Gasteiger partial charge in [0.2, 0.25) is 0 Å². The topological polar surface area (TPSA) is 147 Å². The summed E-state index contributed by atoms with van der Waals surface area (Å²) in [5.41, 5.74) is -1.26. The Morgan fingerprint density at radius 2 is 1.39 bits per heavy atom. The van der Waals surface area contributed by atoms with Gasteiger partial charge in [0.15, 0.2) is 0 Å². The van der Waals surface area contributed by atoms with Crippen LogP contribution in [0.2, 0.25) is 0 Å². The summed E-state index contributed by atoms with van der Waals surface area (Å²) in [6.45, 7) is -1.78. The van der Waals surface area contributed by atoms with Gasteiger partial charge >= 0.3 is 29.6 Å². The van der Waals surface area contributed by atoms with E-state index in [9.17, 15) is 22.6 Å². The summed E-state index contributed by atoms with van der Waals surface area (Å²) in [5, 5.41) is 17.2. The van der Waals surface area contributed by atoms with Gasteiger partial charge in [-0.15, -0.1) is 0 Å². The molecule has 23 heavy (non-hydrogen) atoms. The van der Waals surface area contributed by atoms with Crippen LogP contribution in [0, 0.1) is 6.07 Å². The third kappa shape index (κ3) is 6.18. The van der Waals surface area contributed by atoms with Crippen LogP contribution in [0.25, 0.3) is 0 Å². The summed E-state index contributed by atoms with van der Waals surface area (Å²) in [6, 6.07) is 4.17. The van der Waals surface area contributed by atoms with E-state index in [0.717, 1.165) is 12.1 Å². The van der Waals surface area contributed by atoms with E-state index in [0.29, 0.717) is 0 Å². The van der Waals surface area contributed by atoms with E-state index >= 15 is 0 Å². The van der Waals surface area contributed by atoms with E-state index < -0.39 is 64.5 Å². The predicted octanol–water partition coefficient (Wildman–Crippen LogP) is -3.96. The van der Waals surface area contributed by atoms with Crippen molar-refractivity contribution in [2.75, 3.05) is 26.4 Å². The van der Waals surface area contributed by atoms with Gasteiger partial charge < -0.3 is 19.7 Å². The molecule has 0 fully saturated rings. The van der Waals surface area contributed by atoms with Crippen molar-refractivity contribution >= 4 is 22.1 Å². The summed E-state index contributed by atoms with van der Waals surface area (Å²) in [7, 11) is -4.95. The Morgan fingerprint density at radius 1 is 1.00 bits per heavy atom. The number of esters is 2. The second-order valence-corrected chi connectivity index (χ2v) is 5.16. The molecule has 1 aromatic carbocycles. The fourth-order valence-corrected chi connectivity index (χ4v) is 2.34. The molecule has 3 N–H and O–H groups in total. The van der Waals surface area contributed by atoms with Gasteiger partial charge in [0.25, 0.3) is 22.1 Å². The van der Waals surface area contributed by atoms with E-state index in [1.165, 1.54) is 0 Å². The largest absolute Gasteiger partial charge is 1.00 e. The van der Waals surface area contributed by atoms with Gasteiger partial charge in [0, 0.05) is 4.90 Å². The zero-order valence-corrected chi connectivity index (χ0v) is 15.0. The molecular weight excluding hydrogens is 343 g/mol. The summed E-state index contributed by atoms with van der Waals surface area (Å²) < 4.78 is 41.3. The predicted molar refractivity (Wildman–Crippen MR) is 69.8 cm³/mol. The van der Waals surface area contributed by atoms with Crippen molar-refractivity contribution in [3.63, 3.8) is 0 Å². The molecule has 0 atom stereocenters. The number of hydrogen-bond acceptors (Lipinski definition) is 8. The number of hydrogen-bond donors (Lipinski definition) is 3. The molecule has 0 radical (unpaired) electrons. The summed E-state index contributed by atoms with van der Waals surface area (Å²) in [5.74, 6) is -2.34. The van der Waals surface area contributed by atoms with Crippen LogP contribution >= 0.6 is 0 Å². The third-order valence-electron chi connectivity index (χ3n) is 2.29. The van der Waals surface area contributed by atoms with Gasteiger partial charge in [-0.05, 0) is 11.1 Å². The molecule has 1 rings (SSSR count). The van der Waals surface area contributed by atoms with Gasteiger partial charge in [-0.3, -0.25) is 14.1 Å². The molecule has 9 nitrogen and oxygen atoms in total. The average molecular weight is 356 g/mol. The Balaban J connectivity index is 0.00000484. The minimum Gasteiger partial charge on any atom is -0.469 e. The molecule has 0 aromatic heterocycles. The third-order valence-corrected chi connectivity index (χ3v) is 3.25. The van der Waals surface area contributed by atoms with Crippen LogP contribution in [0.15, 0.2) is 17.0 Å². The molecule has 0 aliphatic carbocycles. The Labute approximate surface area is 154 Å². The Hall–Kier alpha value is -1.01. The SMILES string of the molecule is O=C(OCCO)c1c[c-]cc(C(=O)OCCO)c1S(=O)(=O)O.[Na+]. The number of carbonyl (C=O) groups excluding carboxylic acids is 2. The maximum absolute atomic E-state index is 11.7. The van der Waals surface area contributed by atoms with E-state index in [4.69, 9.17) is 10.2 Å². The fraction of sp³-hybridized carbons (Fsp3) is 0.333. The zero-order valence-electron chi connectivity index (χ0n) is 12.2. The number of ether oxygens (including phenoxy) is 2. The molecule has 1 aromatic rings. The first-order chi connectivity index (χ1) is 10.3. The van der Waals surface area contributed by atoms with Gasteiger partial charge in [0.05, 0.1) is 13.2 Å². The van der Waals surface area contributed by atoms with E-state index in [1.807, 2.05) is 0 Å². The van der Waals surface area contributed by atoms with Crippen LogP contribution in [0.3, 0.4) is 0 Å². The minimum absolute atomic E-state index is 0. The first kappa shape index (κ1) is 22.0. The van der Waals surface area contributed by atoms with Crippen molar-refractivity contribution < 1.29 is 71.8 Å². The van der Waals surface area contributed by atoms with Crippen molar-refractivity contribution in [2.45, 2.75) is 4.90 Å². The smallest absolute Gasteiger partial charge is 0.469 e. The van der Waals surface area contributed by atoms with Crippen LogP contribution < -0.4 is 29.6 Å². The molecule has 0 unspecified atom stereocenters. The molecule has 0 bridgehead atoms. The number of rotatable bonds is 7. The summed E-state index contributed by atoms with van der Waals surface area (Å²) in [4.78, 5) is 22.5. The monoisotopic (exact) mass is 356 g/mol. The molecule has 0 saturated carbocycles. The quantitative estimate of drug-likeness (QED) is 0.193. The number of aliphatic hydroxyl groups is 2. The normalized spacial score (nSPS) is 10.6. The van der Waals surface area contributed by atoms with Crippen LogP contribution in [0.4, 0.5) is 0 Å². The molecule has 122 valence electrons. The molecule has 0 aliphatic heterocycles. The first-order valence-electron chi connectivity index (χ1n) is 5.90. The number of carbonyl (C=O) groups is 2. The average Bonchev–Trinajstić information content (AvgIpc) is 2.48. The van der Waals surface area contributed by atoms with Crippen molar-refractivity contribution in [3.8, 4) is 0 Å². The van der Waals surface area contributed by atoms with Gasteiger partial charge in [-0.1, -0.05) is 0 Å². The maximum Gasteiger partial charge on any atom is 1.00 e. The van der Waals surface area contributed by atoms with Crippen molar-refractivity contribution in [1.82, 2.24) is 0 Å². The van der Waals surface area contributed by atoms with Gasteiger partial charge in [-0.25, -0.2) is 0 Å². The zero-order chi connectivity index (χ0) is 16.8. The fourth-order valence-electron chi connectivity index (χ4n) is 1.50. The molecule has 0 amide bonds. The second-order valence-electron chi connectivity index (χ2n) is 3.81. The van der Waals surface area contributed by atoms with E-state index in [-0.39, 0.29) is 29.6 Å². The first-order valence-corrected chi connectivity index (χ1v) is 7.34. The van der Waals surface area contributed by atoms with Crippen molar-refractivity contribution in [1.29, 1.82) is 0 Å². The Kier molecular flexibility index (Phi) is 9.54. The van der Waals surface area contributed by atoms with Crippen LogP contribution in [-0.4, -0.2) is 61.5 Å². The molecule has 0 spiro atoms. The van der Waals surface area contributed by atoms with E-state index in [2.05, 4.69) is 15.5 Å². The minimum atomic E-state index is -4.95. The maximum atomic E-state index is 11.7. The number of benzene rings is 1. The molecular formula is C12H13NaO9S. The summed E-state index contributed by atoms with van der Waals surface area (Å²) >= 11 is 0.